The topological polar surface area (TPSA) is 78.9 Å². The van der Waals surface area contributed by atoms with Gasteiger partial charge in [0.05, 0.1) is 6.54 Å². The van der Waals surface area contributed by atoms with Crippen LogP contribution in [0.15, 0.2) is 0 Å². The summed E-state index contributed by atoms with van der Waals surface area (Å²) in [6.07, 6.45) is 1.09. The number of nitrogens with one attached hydrogen (secondary N) is 1. The molecule has 0 heterocycles. The summed E-state index contributed by atoms with van der Waals surface area (Å²) in [4.78, 5) is 24.0. The highest BCUT2D eigenvalue weighted by atomic mass is 16.5. The molecular formula is C10H18N2O4. The Labute approximate surface area is 94.6 Å². The van der Waals surface area contributed by atoms with Crippen LogP contribution in [-0.2, 0) is 9.53 Å². The zero-order valence-electron chi connectivity index (χ0n) is 9.60. The number of carbonyl (C=O) groups excluding carboxylic acids is 1. The Kier molecular flexibility index (Phi) is 4.54. The first kappa shape index (κ1) is 12.8. The van der Waals surface area contributed by atoms with Crippen LogP contribution in [0.2, 0.25) is 0 Å². The van der Waals surface area contributed by atoms with Gasteiger partial charge in [0.2, 0.25) is 0 Å². The molecule has 92 valence electrons. The zero-order chi connectivity index (χ0) is 12.1. The summed E-state index contributed by atoms with van der Waals surface area (Å²) in [5.74, 6) is -1.07. The molecular weight excluding hydrogens is 212 g/mol. The molecule has 1 aliphatic carbocycles. The highest BCUT2D eigenvalue weighted by Crippen LogP contribution is 2.26. The molecule has 1 fully saturated rings. The monoisotopic (exact) mass is 230 g/mol. The van der Waals surface area contributed by atoms with Crippen LogP contribution < -0.4 is 5.32 Å². The summed E-state index contributed by atoms with van der Waals surface area (Å²) < 4.78 is 4.72. The summed E-state index contributed by atoms with van der Waals surface area (Å²) in [5.41, 5.74) is 0. The summed E-state index contributed by atoms with van der Waals surface area (Å²) in [7, 11) is 1.31. The van der Waals surface area contributed by atoms with Crippen molar-refractivity contribution in [2.45, 2.75) is 31.9 Å². The molecule has 2 N–H and O–H groups in total. The maximum atomic E-state index is 11.7. The van der Waals surface area contributed by atoms with E-state index in [0.29, 0.717) is 12.6 Å². The third kappa shape index (κ3) is 3.37. The summed E-state index contributed by atoms with van der Waals surface area (Å²) in [6.45, 7) is 2.54. The lowest BCUT2D eigenvalue weighted by Crippen LogP contribution is -2.45. The van der Waals surface area contributed by atoms with Crippen molar-refractivity contribution in [1.82, 2.24) is 10.2 Å². The lowest BCUT2D eigenvalue weighted by Gasteiger charge is -2.21. The number of hydrogen-bond acceptors (Lipinski definition) is 3. The standard InChI is InChI=1S/C10H18N2O4/c1-3-12(7-4-5-7)10(15)11-6-8(16-2)9(13)14/h7-8H,3-6H2,1-2H3,(H,11,15)(H,13,14). The van der Waals surface area contributed by atoms with Crippen LogP contribution in [-0.4, -0.2) is 54.4 Å². The second-order valence-electron chi connectivity index (χ2n) is 3.77. The third-order valence-electron chi connectivity index (χ3n) is 2.59. The molecule has 6 heteroatoms. The molecule has 1 unspecified atom stereocenters. The fourth-order valence-corrected chi connectivity index (χ4v) is 1.51. The van der Waals surface area contributed by atoms with Gasteiger partial charge in [-0.15, -0.1) is 0 Å². The average molecular weight is 230 g/mol. The quantitative estimate of drug-likeness (QED) is 0.687. The number of carbonyl (C=O) groups is 2. The number of amides is 2. The lowest BCUT2D eigenvalue weighted by atomic mass is 10.3. The van der Waals surface area contributed by atoms with Crippen molar-refractivity contribution in [3.63, 3.8) is 0 Å². The van der Waals surface area contributed by atoms with Crippen molar-refractivity contribution in [3.8, 4) is 0 Å². The summed E-state index contributed by atoms with van der Waals surface area (Å²) in [6, 6.07) is 0.115. The number of urea groups is 1. The molecule has 0 bridgehead atoms. The van der Waals surface area contributed by atoms with E-state index in [4.69, 9.17) is 9.84 Å². The van der Waals surface area contributed by atoms with Crippen LogP contribution in [0.1, 0.15) is 19.8 Å². The van der Waals surface area contributed by atoms with Gasteiger partial charge in [-0.2, -0.15) is 0 Å². The summed E-state index contributed by atoms with van der Waals surface area (Å²) >= 11 is 0. The van der Waals surface area contributed by atoms with Crippen LogP contribution in [0.3, 0.4) is 0 Å². The van der Waals surface area contributed by atoms with E-state index >= 15 is 0 Å². The number of aliphatic carboxylic acids is 1. The Hall–Kier alpha value is -1.30. The van der Waals surface area contributed by atoms with Crippen LogP contribution in [0.25, 0.3) is 0 Å². The van der Waals surface area contributed by atoms with Gasteiger partial charge in [-0.05, 0) is 19.8 Å². The second kappa shape index (κ2) is 5.69. The number of rotatable bonds is 6. The minimum Gasteiger partial charge on any atom is -0.479 e. The Morgan fingerprint density at radius 2 is 2.19 bits per heavy atom. The average Bonchev–Trinajstić information content (AvgIpc) is 3.03. The van der Waals surface area contributed by atoms with Crippen molar-refractivity contribution in [1.29, 1.82) is 0 Å². The Bertz CT molecular complexity index is 266. The molecule has 0 aromatic rings. The molecule has 1 aliphatic rings. The number of hydrogen-bond donors (Lipinski definition) is 2. The van der Waals surface area contributed by atoms with E-state index < -0.39 is 12.1 Å². The molecule has 0 radical (unpaired) electrons. The maximum Gasteiger partial charge on any atom is 0.334 e. The smallest absolute Gasteiger partial charge is 0.334 e. The van der Waals surface area contributed by atoms with E-state index in [1.54, 1.807) is 4.90 Å². The van der Waals surface area contributed by atoms with Gasteiger partial charge in [0.15, 0.2) is 6.10 Å². The molecule has 16 heavy (non-hydrogen) atoms. The van der Waals surface area contributed by atoms with Crippen molar-refractivity contribution in [2.75, 3.05) is 20.2 Å². The van der Waals surface area contributed by atoms with Crippen molar-refractivity contribution in [2.24, 2.45) is 0 Å². The molecule has 0 aliphatic heterocycles. The predicted octanol–water partition coefficient (Wildman–Crippen LogP) is 0.280. The minimum absolute atomic E-state index is 0.00606. The van der Waals surface area contributed by atoms with Crippen molar-refractivity contribution < 1.29 is 19.4 Å². The first-order valence-electron chi connectivity index (χ1n) is 5.40. The molecule has 0 aromatic carbocycles. The SMILES string of the molecule is CCN(C(=O)NCC(OC)C(=O)O)C1CC1. The molecule has 1 atom stereocenters. The number of carboxylic acid groups (broad SMARTS) is 1. The van der Waals surface area contributed by atoms with Gasteiger partial charge in [0.25, 0.3) is 0 Å². The highest BCUT2D eigenvalue weighted by molar-refractivity contribution is 5.77. The predicted molar refractivity (Wildman–Crippen MR) is 57.2 cm³/mol. The molecule has 2 amide bonds. The fourth-order valence-electron chi connectivity index (χ4n) is 1.51. The van der Waals surface area contributed by atoms with E-state index in [1.165, 1.54) is 7.11 Å². The van der Waals surface area contributed by atoms with Gasteiger partial charge < -0.3 is 20.1 Å². The number of carboxylic acids is 1. The number of ether oxygens (including phenoxy) is 1. The normalized spacial score (nSPS) is 16.6. The fraction of sp³-hybridized carbons (Fsp3) is 0.800. The lowest BCUT2D eigenvalue weighted by molar-refractivity contribution is -0.148. The molecule has 0 aromatic heterocycles. The molecule has 1 rings (SSSR count). The van der Waals surface area contributed by atoms with Crippen molar-refractivity contribution >= 4 is 12.0 Å². The van der Waals surface area contributed by atoms with E-state index in [2.05, 4.69) is 5.32 Å². The van der Waals surface area contributed by atoms with Gasteiger partial charge >= 0.3 is 12.0 Å². The van der Waals surface area contributed by atoms with E-state index in [-0.39, 0.29) is 12.6 Å². The third-order valence-corrected chi connectivity index (χ3v) is 2.59. The molecule has 1 saturated carbocycles. The van der Waals surface area contributed by atoms with Gasteiger partial charge in [-0.1, -0.05) is 0 Å². The molecule has 0 saturated heterocycles. The highest BCUT2D eigenvalue weighted by Gasteiger charge is 2.31. The van der Waals surface area contributed by atoms with Crippen LogP contribution in [0.5, 0.6) is 0 Å². The van der Waals surface area contributed by atoms with Gasteiger partial charge in [0.1, 0.15) is 0 Å². The van der Waals surface area contributed by atoms with Gasteiger partial charge in [0, 0.05) is 19.7 Å². The number of methoxy groups -OCH3 is 1. The summed E-state index contributed by atoms with van der Waals surface area (Å²) in [5, 5.41) is 11.3. The van der Waals surface area contributed by atoms with E-state index in [9.17, 15) is 9.59 Å². The van der Waals surface area contributed by atoms with Crippen LogP contribution in [0, 0.1) is 0 Å². The van der Waals surface area contributed by atoms with E-state index in [0.717, 1.165) is 12.8 Å². The first-order valence-corrected chi connectivity index (χ1v) is 5.40. The van der Waals surface area contributed by atoms with Gasteiger partial charge in [-0.3, -0.25) is 0 Å². The largest absolute Gasteiger partial charge is 0.479 e. The van der Waals surface area contributed by atoms with Crippen LogP contribution >= 0.6 is 0 Å². The Morgan fingerprint density at radius 1 is 1.56 bits per heavy atom. The first-order chi connectivity index (χ1) is 7.60. The maximum absolute atomic E-state index is 11.7. The minimum atomic E-state index is -1.07. The Balaban J connectivity index is 2.35. The Morgan fingerprint density at radius 3 is 2.56 bits per heavy atom. The molecule has 6 nitrogen and oxygen atoms in total. The second-order valence-corrected chi connectivity index (χ2v) is 3.77. The van der Waals surface area contributed by atoms with Gasteiger partial charge in [-0.25, -0.2) is 9.59 Å². The van der Waals surface area contributed by atoms with Crippen LogP contribution in [0.4, 0.5) is 4.79 Å². The van der Waals surface area contributed by atoms with Crippen molar-refractivity contribution in [3.05, 3.63) is 0 Å². The molecule has 0 spiro atoms. The van der Waals surface area contributed by atoms with E-state index in [1.807, 2.05) is 6.92 Å². The zero-order valence-corrected chi connectivity index (χ0v) is 9.60. The number of nitrogens with zero attached hydrogens (tertiary/aromatic N) is 1.